The summed E-state index contributed by atoms with van der Waals surface area (Å²) in [7, 11) is 4.86. The summed E-state index contributed by atoms with van der Waals surface area (Å²) in [5.41, 5.74) is 8.18. The Kier molecular flexibility index (Phi) is 16.0. The van der Waals surface area contributed by atoms with E-state index in [1.54, 1.807) is 21.3 Å². The molecule has 264 valence electrons. The van der Waals surface area contributed by atoms with E-state index in [0.29, 0.717) is 36.2 Å². The van der Waals surface area contributed by atoms with E-state index in [9.17, 15) is 4.79 Å². The van der Waals surface area contributed by atoms with Crippen LogP contribution < -0.4 is 24.7 Å². The minimum atomic E-state index is -0.492. The summed E-state index contributed by atoms with van der Waals surface area (Å²) in [5.74, 6) is 2.65. The third-order valence-corrected chi connectivity index (χ3v) is 9.00. The maximum atomic E-state index is 13.1. The zero-order valence-electron chi connectivity index (χ0n) is 31.1. The number of hydrogen-bond donors (Lipinski definition) is 1. The summed E-state index contributed by atoms with van der Waals surface area (Å²) in [6.45, 7) is 16.2. The molecule has 0 fully saturated rings. The normalized spacial score (nSPS) is 13.5. The Labute approximate surface area is 285 Å². The summed E-state index contributed by atoms with van der Waals surface area (Å²) >= 11 is 0. The van der Waals surface area contributed by atoms with Crippen LogP contribution in [-0.4, -0.2) is 40.5 Å². The molecule has 0 amide bonds. The minimum Gasteiger partial charge on any atom is -0.493 e. The second-order valence-electron chi connectivity index (χ2n) is 15.1. The summed E-state index contributed by atoms with van der Waals surface area (Å²) in [4.78, 5) is 13.1. The Morgan fingerprint density at radius 2 is 1.17 bits per heavy atom. The fourth-order valence-electron chi connectivity index (χ4n) is 5.82. The van der Waals surface area contributed by atoms with Crippen molar-refractivity contribution in [2.75, 3.05) is 34.5 Å². The predicted octanol–water partition coefficient (Wildman–Crippen LogP) is 10.1. The molecule has 2 N–H and O–H groups in total. The highest BCUT2D eigenvalue weighted by Gasteiger charge is 2.47. The molecule has 0 heterocycles. The van der Waals surface area contributed by atoms with Gasteiger partial charge < -0.3 is 29.4 Å². The van der Waals surface area contributed by atoms with Crippen LogP contribution in [0.15, 0.2) is 36.4 Å². The third kappa shape index (κ3) is 13.0. The average molecular weight is 654 g/mol. The van der Waals surface area contributed by atoms with Crippen molar-refractivity contribution in [3.8, 4) is 23.0 Å². The molecule has 0 aliphatic heterocycles. The number of benzene rings is 2. The van der Waals surface area contributed by atoms with Gasteiger partial charge in [-0.15, -0.1) is 0 Å². The largest absolute Gasteiger partial charge is 0.493 e. The van der Waals surface area contributed by atoms with Gasteiger partial charge in [0.2, 0.25) is 0 Å². The van der Waals surface area contributed by atoms with Gasteiger partial charge in [-0.3, -0.25) is 4.79 Å². The van der Waals surface area contributed by atoms with E-state index < -0.39 is 5.41 Å². The average Bonchev–Trinajstić information content (AvgIpc) is 3.01. The Bertz CT molecular complexity index is 1270. The lowest BCUT2D eigenvalue weighted by molar-refractivity contribution is -0.164. The fourth-order valence-corrected chi connectivity index (χ4v) is 5.82. The molecule has 2 rings (SSSR count). The fraction of sp³-hybridized carbons (Fsp3) is 0.625. The summed E-state index contributed by atoms with van der Waals surface area (Å²) in [6.07, 6.45) is 13.0. The van der Waals surface area contributed by atoms with Crippen molar-refractivity contribution < 1.29 is 28.5 Å². The van der Waals surface area contributed by atoms with Gasteiger partial charge in [-0.05, 0) is 79.0 Å². The second kappa shape index (κ2) is 18.8. The van der Waals surface area contributed by atoms with Crippen LogP contribution in [0, 0.1) is 16.2 Å². The monoisotopic (exact) mass is 653 g/mol. The molecule has 47 heavy (non-hydrogen) atoms. The zero-order valence-corrected chi connectivity index (χ0v) is 31.1. The molecule has 7 nitrogen and oxygen atoms in total. The van der Waals surface area contributed by atoms with Crippen molar-refractivity contribution in [1.82, 2.24) is 0 Å². The predicted molar refractivity (Wildman–Crippen MR) is 194 cm³/mol. The van der Waals surface area contributed by atoms with E-state index in [0.717, 1.165) is 49.0 Å². The lowest BCUT2D eigenvalue weighted by Crippen LogP contribution is -2.44. The van der Waals surface area contributed by atoms with Gasteiger partial charge in [-0.25, -0.2) is 0 Å². The highest BCUT2D eigenvalue weighted by Crippen LogP contribution is 2.47. The number of ether oxygens (including phenoxy) is 5. The molecule has 2 aromatic carbocycles. The van der Waals surface area contributed by atoms with Gasteiger partial charge in [0.25, 0.3) is 0 Å². The van der Waals surface area contributed by atoms with E-state index in [2.05, 4.69) is 48.5 Å². The standard InChI is InChI=1S/C40H63NO6/c1-38(2,3)29-40(7,39(4,5)6)37(42)47-25-19-17-15-13-11-12-14-16-18-24-46-34-22-20-30(27-35(34)44-9)26-32(41)31-21-23-33(43-8)36(28-31)45-10/h20-23,26-28H,11-19,24-25,29,41H2,1-10H3/b32-26-. The lowest BCUT2D eigenvalue weighted by atomic mass is 9.61. The Balaban J connectivity index is 1.64. The number of rotatable bonds is 20. The Hall–Kier alpha value is -3.35. The van der Waals surface area contributed by atoms with Gasteiger partial charge in [-0.1, -0.05) is 92.6 Å². The molecular weight excluding hydrogens is 590 g/mol. The van der Waals surface area contributed by atoms with Gasteiger partial charge >= 0.3 is 5.97 Å². The molecular formula is C40H63NO6. The summed E-state index contributed by atoms with van der Waals surface area (Å²) in [5, 5.41) is 0. The third-order valence-electron chi connectivity index (χ3n) is 9.00. The SMILES string of the molecule is COc1ccc(/C(N)=C/c2ccc(OCCCCCCCCCCCOC(=O)C(C)(CC(C)(C)C)C(C)(C)C)c(OC)c2)cc1OC. The number of methoxy groups -OCH3 is 3. The molecule has 0 radical (unpaired) electrons. The topological polar surface area (TPSA) is 89.2 Å². The number of carbonyl (C=O) groups excluding carboxylic acids is 1. The van der Waals surface area contributed by atoms with E-state index in [-0.39, 0.29) is 16.8 Å². The van der Waals surface area contributed by atoms with Crippen LogP contribution in [0.2, 0.25) is 0 Å². The van der Waals surface area contributed by atoms with Crippen LogP contribution in [0.4, 0.5) is 0 Å². The quantitative estimate of drug-likeness (QED) is 0.0864. The maximum Gasteiger partial charge on any atom is 0.312 e. The van der Waals surface area contributed by atoms with Crippen molar-refractivity contribution in [1.29, 1.82) is 0 Å². The molecule has 0 spiro atoms. The number of hydrogen-bond acceptors (Lipinski definition) is 7. The van der Waals surface area contributed by atoms with E-state index in [1.807, 2.05) is 42.5 Å². The van der Waals surface area contributed by atoms with Gasteiger partial charge in [-0.2, -0.15) is 0 Å². The van der Waals surface area contributed by atoms with Crippen molar-refractivity contribution in [3.05, 3.63) is 47.5 Å². The van der Waals surface area contributed by atoms with Crippen LogP contribution in [0.25, 0.3) is 11.8 Å². The summed E-state index contributed by atoms with van der Waals surface area (Å²) < 4.78 is 28.1. The number of unbranched alkanes of at least 4 members (excludes halogenated alkanes) is 8. The van der Waals surface area contributed by atoms with Gasteiger partial charge in [0, 0.05) is 11.3 Å². The summed E-state index contributed by atoms with van der Waals surface area (Å²) in [6, 6.07) is 11.4. The second-order valence-corrected chi connectivity index (χ2v) is 15.1. The van der Waals surface area contributed by atoms with Crippen LogP contribution in [0.1, 0.15) is 124 Å². The van der Waals surface area contributed by atoms with Crippen molar-refractivity contribution >= 4 is 17.7 Å². The zero-order chi connectivity index (χ0) is 35.1. The molecule has 0 bridgehead atoms. The van der Waals surface area contributed by atoms with Gasteiger partial charge in [0.05, 0.1) is 40.0 Å². The van der Waals surface area contributed by atoms with Crippen molar-refractivity contribution in [2.45, 2.75) is 113 Å². The Morgan fingerprint density at radius 3 is 1.70 bits per heavy atom. The highest BCUT2D eigenvalue weighted by molar-refractivity contribution is 5.81. The van der Waals surface area contributed by atoms with Crippen LogP contribution in [0.3, 0.4) is 0 Å². The molecule has 1 atom stereocenters. The molecule has 7 heteroatoms. The van der Waals surface area contributed by atoms with Gasteiger partial charge in [0.15, 0.2) is 23.0 Å². The van der Waals surface area contributed by atoms with Crippen LogP contribution >= 0.6 is 0 Å². The molecule has 0 aromatic heterocycles. The van der Waals surface area contributed by atoms with E-state index >= 15 is 0 Å². The number of nitrogens with two attached hydrogens (primary N) is 1. The first-order chi connectivity index (χ1) is 22.1. The molecule has 1 unspecified atom stereocenters. The molecule has 0 aliphatic carbocycles. The van der Waals surface area contributed by atoms with Crippen molar-refractivity contribution in [3.63, 3.8) is 0 Å². The van der Waals surface area contributed by atoms with E-state index in [1.165, 1.54) is 32.1 Å². The number of esters is 1. The minimum absolute atomic E-state index is 0.0517. The first kappa shape index (κ1) is 39.8. The first-order valence-corrected chi connectivity index (χ1v) is 17.3. The van der Waals surface area contributed by atoms with E-state index in [4.69, 9.17) is 29.4 Å². The first-order valence-electron chi connectivity index (χ1n) is 17.3. The number of carbonyl (C=O) groups is 1. The molecule has 2 aromatic rings. The Morgan fingerprint density at radius 1 is 0.660 bits per heavy atom. The van der Waals surface area contributed by atoms with Gasteiger partial charge in [0.1, 0.15) is 0 Å². The maximum absolute atomic E-state index is 13.1. The van der Waals surface area contributed by atoms with Crippen LogP contribution in [0.5, 0.6) is 23.0 Å². The van der Waals surface area contributed by atoms with Crippen LogP contribution in [-0.2, 0) is 9.53 Å². The smallest absolute Gasteiger partial charge is 0.312 e. The molecule has 0 saturated heterocycles. The lowest BCUT2D eigenvalue weighted by Gasteiger charge is -2.43. The molecule has 0 aliphatic rings. The van der Waals surface area contributed by atoms with Crippen molar-refractivity contribution in [2.24, 2.45) is 22.0 Å². The highest BCUT2D eigenvalue weighted by atomic mass is 16.5. The molecule has 0 saturated carbocycles.